The Hall–Kier alpha value is -1.29. The third kappa shape index (κ3) is 3.60. The SMILES string of the molecule is O=C(O)c1ccc(COC2CCCCCC2)o1. The molecule has 4 heteroatoms. The highest BCUT2D eigenvalue weighted by Gasteiger charge is 2.14. The summed E-state index contributed by atoms with van der Waals surface area (Å²) in [7, 11) is 0. The molecule has 1 heterocycles. The van der Waals surface area contributed by atoms with Crippen LogP contribution in [0.2, 0.25) is 0 Å². The quantitative estimate of drug-likeness (QED) is 0.818. The van der Waals surface area contributed by atoms with Crippen LogP contribution in [0.15, 0.2) is 16.5 Å². The largest absolute Gasteiger partial charge is 0.475 e. The fourth-order valence-corrected chi connectivity index (χ4v) is 2.18. The van der Waals surface area contributed by atoms with Crippen LogP contribution in [0.5, 0.6) is 0 Å². The van der Waals surface area contributed by atoms with Gasteiger partial charge in [-0.15, -0.1) is 0 Å². The number of carbonyl (C=O) groups is 1. The monoisotopic (exact) mass is 238 g/mol. The Bertz CT molecular complexity index is 361. The first-order valence-corrected chi connectivity index (χ1v) is 6.19. The normalized spacial score (nSPS) is 17.9. The molecule has 94 valence electrons. The van der Waals surface area contributed by atoms with Crippen LogP contribution in [0.4, 0.5) is 0 Å². The van der Waals surface area contributed by atoms with Crippen LogP contribution in [-0.4, -0.2) is 17.2 Å². The van der Waals surface area contributed by atoms with Crippen LogP contribution < -0.4 is 0 Å². The standard InChI is InChI=1S/C13H18O4/c14-13(15)12-8-7-11(17-12)9-16-10-5-3-1-2-4-6-10/h7-8,10H,1-6,9H2,(H,14,15). The summed E-state index contributed by atoms with van der Waals surface area (Å²) in [5.41, 5.74) is 0. The van der Waals surface area contributed by atoms with Gasteiger partial charge in [0.25, 0.3) is 0 Å². The zero-order valence-electron chi connectivity index (χ0n) is 9.85. The summed E-state index contributed by atoms with van der Waals surface area (Å²) in [5, 5.41) is 8.72. The fraction of sp³-hybridized carbons (Fsp3) is 0.615. The van der Waals surface area contributed by atoms with Crippen molar-refractivity contribution >= 4 is 5.97 Å². The molecule has 0 aromatic carbocycles. The molecular weight excluding hydrogens is 220 g/mol. The molecule has 0 spiro atoms. The summed E-state index contributed by atoms with van der Waals surface area (Å²) < 4.78 is 10.9. The third-order valence-electron chi connectivity index (χ3n) is 3.14. The minimum atomic E-state index is -1.04. The smallest absolute Gasteiger partial charge is 0.371 e. The molecule has 1 fully saturated rings. The first-order valence-electron chi connectivity index (χ1n) is 6.19. The van der Waals surface area contributed by atoms with Crippen molar-refractivity contribution in [2.24, 2.45) is 0 Å². The van der Waals surface area contributed by atoms with Gasteiger partial charge >= 0.3 is 5.97 Å². The molecule has 0 bridgehead atoms. The maximum Gasteiger partial charge on any atom is 0.371 e. The number of hydrogen-bond donors (Lipinski definition) is 1. The van der Waals surface area contributed by atoms with E-state index in [4.69, 9.17) is 14.3 Å². The van der Waals surface area contributed by atoms with E-state index in [-0.39, 0.29) is 5.76 Å². The maximum absolute atomic E-state index is 10.6. The van der Waals surface area contributed by atoms with Crippen molar-refractivity contribution < 1.29 is 19.1 Å². The maximum atomic E-state index is 10.6. The van der Waals surface area contributed by atoms with Crippen LogP contribution in [0.1, 0.15) is 54.8 Å². The zero-order chi connectivity index (χ0) is 12.1. The molecule has 0 aliphatic heterocycles. The topological polar surface area (TPSA) is 59.7 Å². The molecule has 0 amide bonds. The lowest BCUT2D eigenvalue weighted by Crippen LogP contribution is -2.11. The number of aromatic carboxylic acids is 1. The van der Waals surface area contributed by atoms with Gasteiger partial charge in [-0.05, 0) is 25.0 Å². The van der Waals surface area contributed by atoms with Gasteiger partial charge in [-0.2, -0.15) is 0 Å². The molecule has 17 heavy (non-hydrogen) atoms. The van der Waals surface area contributed by atoms with Gasteiger partial charge in [0.05, 0.1) is 6.10 Å². The average molecular weight is 238 g/mol. The molecular formula is C13H18O4. The van der Waals surface area contributed by atoms with Gasteiger partial charge in [0.2, 0.25) is 5.76 Å². The van der Waals surface area contributed by atoms with Crippen LogP contribution in [0.3, 0.4) is 0 Å². The lowest BCUT2D eigenvalue weighted by atomic mass is 10.1. The molecule has 2 rings (SSSR count). The van der Waals surface area contributed by atoms with E-state index in [9.17, 15) is 4.79 Å². The number of carboxylic acid groups (broad SMARTS) is 1. The number of hydrogen-bond acceptors (Lipinski definition) is 3. The van der Waals surface area contributed by atoms with Crippen molar-refractivity contribution in [3.05, 3.63) is 23.7 Å². The first-order chi connectivity index (χ1) is 8.25. The Kier molecular flexibility index (Phi) is 4.20. The predicted molar refractivity (Wildman–Crippen MR) is 61.9 cm³/mol. The minimum absolute atomic E-state index is 0.0236. The van der Waals surface area contributed by atoms with Gasteiger partial charge in [-0.1, -0.05) is 25.7 Å². The molecule has 1 aliphatic rings. The second-order valence-corrected chi connectivity index (χ2v) is 4.50. The molecule has 0 atom stereocenters. The second-order valence-electron chi connectivity index (χ2n) is 4.50. The molecule has 1 aromatic heterocycles. The molecule has 0 unspecified atom stereocenters. The molecule has 1 aromatic rings. The Morgan fingerprint density at radius 1 is 1.29 bits per heavy atom. The Balaban J connectivity index is 1.81. The Morgan fingerprint density at radius 3 is 2.59 bits per heavy atom. The molecule has 0 radical (unpaired) electrons. The van der Waals surface area contributed by atoms with Crippen LogP contribution in [0, 0.1) is 0 Å². The van der Waals surface area contributed by atoms with E-state index >= 15 is 0 Å². The molecule has 1 saturated carbocycles. The number of furan rings is 1. The van der Waals surface area contributed by atoms with Gasteiger partial charge in [-0.25, -0.2) is 4.79 Å². The summed E-state index contributed by atoms with van der Waals surface area (Å²) in [4.78, 5) is 10.6. The van der Waals surface area contributed by atoms with Crippen LogP contribution >= 0.6 is 0 Å². The lowest BCUT2D eigenvalue weighted by molar-refractivity contribution is 0.0211. The fourth-order valence-electron chi connectivity index (χ4n) is 2.18. The molecule has 4 nitrogen and oxygen atoms in total. The van der Waals surface area contributed by atoms with Crippen LogP contribution in [-0.2, 0) is 11.3 Å². The van der Waals surface area contributed by atoms with Gasteiger partial charge in [-0.3, -0.25) is 0 Å². The third-order valence-corrected chi connectivity index (χ3v) is 3.14. The molecule has 1 N–H and O–H groups in total. The van der Waals surface area contributed by atoms with E-state index in [1.807, 2.05) is 0 Å². The van der Waals surface area contributed by atoms with E-state index in [0.717, 1.165) is 12.8 Å². The average Bonchev–Trinajstić information content (AvgIpc) is 2.63. The summed E-state index contributed by atoms with van der Waals surface area (Å²) in [6.45, 7) is 0.373. The van der Waals surface area contributed by atoms with E-state index in [1.165, 1.54) is 31.7 Å². The van der Waals surface area contributed by atoms with Gasteiger partial charge in [0.15, 0.2) is 0 Å². The van der Waals surface area contributed by atoms with E-state index in [2.05, 4.69) is 0 Å². The van der Waals surface area contributed by atoms with E-state index in [0.29, 0.717) is 18.5 Å². The number of ether oxygens (including phenoxy) is 1. The molecule has 1 aliphatic carbocycles. The van der Waals surface area contributed by atoms with Crippen molar-refractivity contribution in [2.45, 2.75) is 51.2 Å². The Morgan fingerprint density at radius 2 is 2.00 bits per heavy atom. The summed E-state index contributed by atoms with van der Waals surface area (Å²) in [6, 6.07) is 3.13. The lowest BCUT2D eigenvalue weighted by Gasteiger charge is -2.13. The first kappa shape index (κ1) is 12.2. The van der Waals surface area contributed by atoms with Crippen molar-refractivity contribution in [1.82, 2.24) is 0 Å². The van der Waals surface area contributed by atoms with Crippen LogP contribution in [0.25, 0.3) is 0 Å². The van der Waals surface area contributed by atoms with E-state index in [1.54, 1.807) is 6.07 Å². The summed E-state index contributed by atoms with van der Waals surface area (Å²) in [6.07, 6.45) is 7.55. The van der Waals surface area contributed by atoms with Gasteiger partial charge < -0.3 is 14.3 Å². The summed E-state index contributed by atoms with van der Waals surface area (Å²) >= 11 is 0. The minimum Gasteiger partial charge on any atom is -0.475 e. The van der Waals surface area contributed by atoms with Crippen molar-refractivity contribution in [3.8, 4) is 0 Å². The van der Waals surface area contributed by atoms with Crippen molar-refractivity contribution in [1.29, 1.82) is 0 Å². The highest BCUT2D eigenvalue weighted by atomic mass is 16.5. The highest BCUT2D eigenvalue weighted by Crippen LogP contribution is 2.21. The second kappa shape index (κ2) is 5.87. The van der Waals surface area contributed by atoms with Gasteiger partial charge in [0.1, 0.15) is 12.4 Å². The van der Waals surface area contributed by atoms with E-state index < -0.39 is 5.97 Å². The van der Waals surface area contributed by atoms with Crippen molar-refractivity contribution in [2.75, 3.05) is 0 Å². The number of rotatable bonds is 4. The molecule has 0 saturated heterocycles. The number of carboxylic acids is 1. The van der Waals surface area contributed by atoms with Crippen molar-refractivity contribution in [3.63, 3.8) is 0 Å². The predicted octanol–water partition coefficient (Wildman–Crippen LogP) is 3.22. The Labute approximate surface area is 101 Å². The zero-order valence-corrected chi connectivity index (χ0v) is 9.85. The highest BCUT2D eigenvalue weighted by molar-refractivity contribution is 5.84. The van der Waals surface area contributed by atoms with Gasteiger partial charge in [0, 0.05) is 0 Å². The summed E-state index contributed by atoms with van der Waals surface area (Å²) in [5.74, 6) is -0.471.